The van der Waals surface area contributed by atoms with E-state index in [0.717, 1.165) is 12.8 Å². The third-order valence-electron chi connectivity index (χ3n) is 5.26. The minimum atomic E-state index is -4.89. The molecule has 9 heteroatoms. The number of rotatable bonds is 3. The number of amides is 1. The van der Waals surface area contributed by atoms with Gasteiger partial charge in [-0.15, -0.1) is 0 Å². The Morgan fingerprint density at radius 2 is 1.82 bits per heavy atom. The maximum absolute atomic E-state index is 13.3. The number of hydrogen-bond donors (Lipinski definition) is 1. The van der Waals surface area contributed by atoms with Crippen molar-refractivity contribution in [3.63, 3.8) is 0 Å². The van der Waals surface area contributed by atoms with Crippen molar-refractivity contribution >= 4 is 11.9 Å². The molecule has 0 saturated carbocycles. The van der Waals surface area contributed by atoms with E-state index in [-0.39, 0.29) is 17.6 Å². The molecular weight excluding hydrogens is 375 g/mol. The van der Waals surface area contributed by atoms with Crippen LogP contribution in [-0.2, 0) is 6.18 Å². The lowest BCUT2D eigenvalue weighted by molar-refractivity contribution is -0.143. The highest BCUT2D eigenvalue weighted by Crippen LogP contribution is 2.34. The first-order valence-electron chi connectivity index (χ1n) is 8.91. The van der Waals surface area contributed by atoms with Crippen molar-refractivity contribution in [2.75, 3.05) is 6.54 Å². The summed E-state index contributed by atoms with van der Waals surface area (Å²) in [5.74, 6) is -1.50. The molecule has 1 aliphatic rings. The van der Waals surface area contributed by atoms with Gasteiger partial charge in [-0.05, 0) is 49.9 Å². The fourth-order valence-corrected chi connectivity index (χ4v) is 3.51. The first-order valence-corrected chi connectivity index (χ1v) is 8.91. The molecular formula is C19H20F3N3O3. The summed E-state index contributed by atoms with van der Waals surface area (Å²) in [6.07, 6.45) is -2.26. The van der Waals surface area contributed by atoms with Crippen LogP contribution in [0.1, 0.15) is 53.1 Å². The van der Waals surface area contributed by atoms with Gasteiger partial charge in [0.25, 0.3) is 5.91 Å². The largest absolute Gasteiger partial charge is 0.478 e. The summed E-state index contributed by atoms with van der Waals surface area (Å²) in [6.45, 7) is 4.72. The molecule has 1 N–H and O–H groups in total. The van der Waals surface area contributed by atoms with Gasteiger partial charge in [-0.25, -0.2) is 9.48 Å². The van der Waals surface area contributed by atoms with E-state index in [2.05, 4.69) is 12.0 Å². The third-order valence-corrected chi connectivity index (χ3v) is 5.26. The van der Waals surface area contributed by atoms with E-state index in [1.165, 1.54) is 24.3 Å². The monoisotopic (exact) mass is 395 g/mol. The predicted octanol–water partition coefficient (Wildman–Crippen LogP) is 3.85. The molecule has 1 saturated heterocycles. The summed E-state index contributed by atoms with van der Waals surface area (Å²) in [6, 6.07) is 5.62. The molecule has 2 aromatic rings. The molecule has 2 unspecified atom stereocenters. The molecule has 1 amide bonds. The Hall–Kier alpha value is -2.84. The molecule has 3 rings (SSSR count). The number of carbonyl (C=O) groups is 2. The highest BCUT2D eigenvalue weighted by molar-refractivity contribution is 5.94. The molecule has 2 heterocycles. The van der Waals surface area contributed by atoms with E-state index in [1.807, 2.05) is 6.92 Å². The highest BCUT2D eigenvalue weighted by atomic mass is 19.4. The zero-order chi connectivity index (χ0) is 20.6. The number of aromatic carboxylic acids is 1. The number of nitrogens with zero attached hydrogens (tertiary/aromatic N) is 3. The fraction of sp³-hybridized carbons (Fsp3) is 0.421. The Labute approximate surface area is 159 Å². The second kappa shape index (κ2) is 7.29. The van der Waals surface area contributed by atoms with Gasteiger partial charge in [-0.3, -0.25) is 4.79 Å². The van der Waals surface area contributed by atoms with Crippen LogP contribution < -0.4 is 0 Å². The molecule has 28 heavy (non-hydrogen) atoms. The molecule has 0 aliphatic carbocycles. The van der Waals surface area contributed by atoms with Crippen molar-refractivity contribution in [3.05, 3.63) is 47.3 Å². The van der Waals surface area contributed by atoms with Crippen molar-refractivity contribution in [3.8, 4) is 5.69 Å². The molecule has 0 bridgehead atoms. The van der Waals surface area contributed by atoms with E-state index in [9.17, 15) is 22.8 Å². The van der Waals surface area contributed by atoms with Crippen molar-refractivity contribution < 1.29 is 27.9 Å². The molecule has 150 valence electrons. The summed E-state index contributed by atoms with van der Waals surface area (Å²) in [7, 11) is 0. The minimum Gasteiger partial charge on any atom is -0.478 e. The van der Waals surface area contributed by atoms with E-state index in [0.29, 0.717) is 28.9 Å². The Morgan fingerprint density at radius 1 is 1.18 bits per heavy atom. The number of carbonyl (C=O) groups excluding carboxylic acids is 1. The summed E-state index contributed by atoms with van der Waals surface area (Å²) >= 11 is 0. The van der Waals surface area contributed by atoms with Crippen LogP contribution in [0.25, 0.3) is 5.69 Å². The van der Waals surface area contributed by atoms with Gasteiger partial charge < -0.3 is 10.0 Å². The van der Waals surface area contributed by atoms with Crippen molar-refractivity contribution in [1.29, 1.82) is 0 Å². The highest BCUT2D eigenvalue weighted by Gasteiger charge is 2.40. The van der Waals surface area contributed by atoms with Crippen LogP contribution in [-0.4, -0.2) is 44.3 Å². The van der Waals surface area contributed by atoms with Crippen molar-refractivity contribution in [1.82, 2.24) is 14.7 Å². The number of hydrogen-bond acceptors (Lipinski definition) is 3. The van der Waals surface area contributed by atoms with E-state index in [4.69, 9.17) is 5.11 Å². The second-order valence-corrected chi connectivity index (χ2v) is 7.03. The topological polar surface area (TPSA) is 75.4 Å². The minimum absolute atomic E-state index is 0.0245. The second-order valence-electron chi connectivity index (χ2n) is 7.03. The Kier molecular flexibility index (Phi) is 5.18. The van der Waals surface area contributed by atoms with Crippen LogP contribution in [0.2, 0.25) is 0 Å². The SMILES string of the molecule is CC1CCCN(C(=O)c2ccc(-n3ncc(C(=O)O)c3C(F)(F)F)cc2)C1C. The average Bonchev–Trinajstić information content (AvgIpc) is 3.09. The van der Waals surface area contributed by atoms with Gasteiger partial charge >= 0.3 is 12.1 Å². The average molecular weight is 395 g/mol. The number of likely N-dealkylation sites (tertiary alicyclic amines) is 1. The Morgan fingerprint density at radius 3 is 2.39 bits per heavy atom. The molecule has 1 aliphatic heterocycles. The number of halogens is 3. The zero-order valence-electron chi connectivity index (χ0n) is 15.4. The first kappa shape index (κ1) is 19.9. The van der Waals surface area contributed by atoms with Gasteiger partial charge in [0.15, 0.2) is 5.69 Å². The molecule has 1 aromatic carbocycles. The fourth-order valence-electron chi connectivity index (χ4n) is 3.51. The smallest absolute Gasteiger partial charge is 0.434 e. The number of carboxylic acids is 1. The maximum Gasteiger partial charge on any atom is 0.434 e. The number of carboxylic acid groups (broad SMARTS) is 1. The Bertz CT molecular complexity index is 890. The van der Waals surface area contributed by atoms with Gasteiger partial charge in [0.2, 0.25) is 0 Å². The van der Waals surface area contributed by atoms with Crippen LogP contribution in [0.3, 0.4) is 0 Å². The normalized spacial score (nSPS) is 20.2. The van der Waals surface area contributed by atoms with E-state index in [1.54, 1.807) is 4.90 Å². The maximum atomic E-state index is 13.3. The van der Waals surface area contributed by atoms with Crippen molar-refractivity contribution in [2.45, 2.75) is 38.9 Å². The summed E-state index contributed by atoms with van der Waals surface area (Å²) in [5, 5.41) is 12.6. The number of piperidine rings is 1. The molecule has 6 nitrogen and oxygen atoms in total. The lowest BCUT2D eigenvalue weighted by Gasteiger charge is -2.38. The molecule has 1 fully saturated rings. The van der Waals surface area contributed by atoms with Gasteiger partial charge in [-0.2, -0.15) is 18.3 Å². The standard InChI is InChI=1S/C19H20F3N3O3/c1-11-4-3-9-24(12(11)2)17(26)13-5-7-14(8-6-13)25-16(19(20,21)22)15(10-23-25)18(27)28/h5-8,10-12H,3-4,9H2,1-2H3,(H,27,28). The van der Waals surface area contributed by atoms with Gasteiger partial charge in [0, 0.05) is 18.2 Å². The lowest BCUT2D eigenvalue weighted by Crippen LogP contribution is -2.46. The van der Waals surface area contributed by atoms with E-state index < -0.39 is 23.4 Å². The molecule has 1 aromatic heterocycles. The van der Waals surface area contributed by atoms with Crippen LogP contribution in [0.4, 0.5) is 13.2 Å². The van der Waals surface area contributed by atoms with Crippen LogP contribution in [0.15, 0.2) is 30.5 Å². The summed E-state index contributed by atoms with van der Waals surface area (Å²) in [4.78, 5) is 25.6. The van der Waals surface area contributed by atoms with Gasteiger partial charge in [-0.1, -0.05) is 6.92 Å². The number of benzene rings is 1. The molecule has 2 atom stereocenters. The Balaban J connectivity index is 1.92. The zero-order valence-corrected chi connectivity index (χ0v) is 15.4. The van der Waals surface area contributed by atoms with Crippen LogP contribution in [0.5, 0.6) is 0 Å². The predicted molar refractivity (Wildman–Crippen MR) is 94.4 cm³/mol. The summed E-state index contributed by atoms with van der Waals surface area (Å²) in [5.41, 5.74) is -1.90. The first-order chi connectivity index (χ1) is 13.1. The van der Waals surface area contributed by atoms with Gasteiger partial charge in [0.05, 0.1) is 11.9 Å². The number of alkyl halides is 3. The van der Waals surface area contributed by atoms with Crippen LogP contribution >= 0.6 is 0 Å². The third kappa shape index (κ3) is 3.61. The van der Waals surface area contributed by atoms with Gasteiger partial charge in [0.1, 0.15) is 5.56 Å². The van der Waals surface area contributed by atoms with Crippen LogP contribution in [0, 0.1) is 5.92 Å². The molecule has 0 spiro atoms. The number of aromatic nitrogens is 2. The lowest BCUT2D eigenvalue weighted by atomic mass is 9.91. The molecule has 0 radical (unpaired) electrons. The van der Waals surface area contributed by atoms with Crippen molar-refractivity contribution in [2.24, 2.45) is 5.92 Å². The van der Waals surface area contributed by atoms with E-state index >= 15 is 0 Å². The summed E-state index contributed by atoms with van der Waals surface area (Å²) < 4.78 is 40.5. The quantitative estimate of drug-likeness (QED) is 0.857.